The summed E-state index contributed by atoms with van der Waals surface area (Å²) in [5.41, 5.74) is 0. The van der Waals surface area contributed by atoms with E-state index in [0.29, 0.717) is 6.04 Å². The molecule has 2 fully saturated rings. The number of nitrogens with one attached hydrogen (secondary N) is 2. The number of Topliss-reactive ketones (excluding diaryl/α,β-unsaturated/α-hetero) is 1. The van der Waals surface area contributed by atoms with Crippen molar-refractivity contribution < 1.29 is 4.79 Å². The smallest absolute Gasteiger partial charge is 0.300 e. The Bertz CT molecular complexity index is 262. The Morgan fingerprint density at radius 3 is 2.57 bits per heavy atom. The predicted octanol–water partition coefficient (Wildman–Crippen LogP) is 2.46. The molecule has 80 valence electrons. The number of carbonyl (C=O) groups is 1. The van der Waals surface area contributed by atoms with Crippen LogP contribution in [0.25, 0.3) is 0 Å². The van der Waals surface area contributed by atoms with Gasteiger partial charge in [0.15, 0.2) is 22.5 Å². The van der Waals surface area contributed by atoms with E-state index in [9.17, 15) is 4.79 Å². The van der Waals surface area contributed by atoms with E-state index in [4.69, 9.17) is 22.5 Å². The van der Waals surface area contributed by atoms with E-state index in [1.165, 1.54) is 0 Å². The number of halogens is 2. The van der Waals surface area contributed by atoms with E-state index >= 15 is 0 Å². The van der Waals surface area contributed by atoms with Gasteiger partial charge in [-0.3, -0.25) is 4.79 Å². The molecule has 3 atom stereocenters. The van der Waals surface area contributed by atoms with Crippen LogP contribution in [0.1, 0.15) is 26.2 Å². The minimum Gasteiger partial charge on any atom is -0.300 e. The Morgan fingerprint density at radius 2 is 1.93 bits per heavy atom. The Kier molecular flexibility index (Phi) is 3.07. The normalized spacial score (nSPS) is 40.6. The van der Waals surface area contributed by atoms with Crippen LogP contribution in [0.15, 0.2) is 0 Å². The number of fused-ring (bicyclic) bond motifs is 1. The second-order valence-electron chi connectivity index (χ2n) is 4.11. The van der Waals surface area contributed by atoms with Crippen molar-refractivity contribution in [2.45, 2.75) is 38.3 Å². The van der Waals surface area contributed by atoms with Gasteiger partial charge < -0.3 is 0 Å². The Morgan fingerprint density at radius 1 is 1.29 bits per heavy atom. The van der Waals surface area contributed by atoms with Crippen LogP contribution < -0.4 is 10.2 Å². The van der Waals surface area contributed by atoms with Crippen molar-refractivity contribution in [2.24, 2.45) is 5.92 Å². The van der Waals surface area contributed by atoms with Gasteiger partial charge in [0.25, 0.3) is 0 Å². The predicted molar refractivity (Wildman–Crippen MR) is 60.5 cm³/mol. The lowest BCUT2D eigenvalue weighted by Gasteiger charge is -2.26. The second-order valence-corrected chi connectivity index (χ2v) is 9.21. The molecule has 1 aliphatic heterocycles. The summed E-state index contributed by atoms with van der Waals surface area (Å²) < 4.78 is 0. The molecule has 0 aromatic carbocycles. The van der Waals surface area contributed by atoms with E-state index in [1.807, 2.05) is 0 Å². The maximum Gasteiger partial charge on any atom is 0.351 e. The van der Waals surface area contributed by atoms with Crippen LogP contribution >= 0.6 is 28.8 Å². The van der Waals surface area contributed by atoms with Crippen molar-refractivity contribution in [3.8, 4) is 0 Å². The quantitative estimate of drug-likeness (QED) is 0.708. The number of carbonyl (C=O) groups excluding carboxylic acids is 1. The Labute approximate surface area is 93.9 Å². The van der Waals surface area contributed by atoms with Crippen molar-refractivity contribution in [3.05, 3.63) is 0 Å². The monoisotopic (exact) mass is 255 g/mol. The molecule has 0 bridgehead atoms. The van der Waals surface area contributed by atoms with Crippen molar-refractivity contribution in [1.82, 2.24) is 10.2 Å². The fourth-order valence-corrected chi connectivity index (χ4v) is 5.30. The maximum atomic E-state index is 11.2. The molecule has 1 saturated heterocycles. The number of ketones is 1. The summed E-state index contributed by atoms with van der Waals surface area (Å²) in [4.78, 5) is 11.2. The zero-order chi connectivity index (χ0) is 10.3. The molecule has 1 saturated carbocycles. The molecule has 2 N–H and O–H groups in total. The fourth-order valence-electron chi connectivity index (χ4n) is 2.29. The molecule has 3 nitrogen and oxygen atoms in total. The van der Waals surface area contributed by atoms with Gasteiger partial charge in [-0.05, 0) is 26.2 Å². The first kappa shape index (κ1) is 11.1. The standard InChI is InChI=1S/C8H14Cl2N2OP/c1-5(13)6-2-3-7-8(4-6)12-14(9,10)11-7/h6-8,11-12H,2-4H2,1H3/q+1. The Hall–Kier alpha value is 0.600. The third kappa shape index (κ3) is 2.23. The second kappa shape index (κ2) is 3.88. The highest BCUT2D eigenvalue weighted by molar-refractivity contribution is 8.14. The van der Waals surface area contributed by atoms with Crippen molar-refractivity contribution in [3.63, 3.8) is 0 Å². The van der Waals surface area contributed by atoms with E-state index in [2.05, 4.69) is 10.2 Å². The first-order valence-corrected chi connectivity index (χ1v) is 8.42. The summed E-state index contributed by atoms with van der Waals surface area (Å²) in [5, 5.41) is 6.41. The number of hydrogen-bond donors (Lipinski definition) is 2. The summed E-state index contributed by atoms with van der Waals surface area (Å²) >= 11 is 12.1. The van der Waals surface area contributed by atoms with Crippen LogP contribution in [-0.4, -0.2) is 17.9 Å². The first-order chi connectivity index (χ1) is 6.48. The highest BCUT2D eigenvalue weighted by atomic mass is 35.9. The molecule has 6 heteroatoms. The van der Waals surface area contributed by atoms with Gasteiger partial charge in [0, 0.05) is 5.92 Å². The van der Waals surface area contributed by atoms with Gasteiger partial charge in [-0.15, -0.1) is 10.2 Å². The Balaban J connectivity index is 2.01. The molecular formula is C8H14Cl2N2OP+. The molecule has 1 heterocycles. The highest BCUT2D eigenvalue weighted by Gasteiger charge is 2.52. The number of rotatable bonds is 1. The van der Waals surface area contributed by atoms with E-state index < -0.39 is 6.27 Å². The van der Waals surface area contributed by atoms with E-state index in [0.717, 1.165) is 19.3 Å². The van der Waals surface area contributed by atoms with Gasteiger partial charge >= 0.3 is 6.27 Å². The van der Waals surface area contributed by atoms with Crippen LogP contribution in [-0.2, 0) is 4.79 Å². The van der Waals surface area contributed by atoms with Crippen molar-refractivity contribution in [1.29, 1.82) is 0 Å². The summed E-state index contributed by atoms with van der Waals surface area (Å²) in [7, 11) is 0. The number of hydrogen-bond acceptors (Lipinski definition) is 3. The van der Waals surface area contributed by atoms with Crippen LogP contribution in [0.4, 0.5) is 0 Å². The lowest BCUT2D eigenvalue weighted by Crippen LogP contribution is -2.41. The van der Waals surface area contributed by atoms with Crippen LogP contribution in [0.3, 0.4) is 0 Å². The maximum absolute atomic E-state index is 11.2. The first-order valence-electron chi connectivity index (χ1n) is 4.82. The molecule has 3 unspecified atom stereocenters. The molecule has 1 aliphatic carbocycles. The van der Waals surface area contributed by atoms with Gasteiger partial charge in [0.1, 0.15) is 5.78 Å². The summed E-state index contributed by atoms with van der Waals surface area (Å²) in [5.74, 6) is 0.474. The van der Waals surface area contributed by atoms with Crippen LogP contribution in [0.5, 0.6) is 0 Å². The summed E-state index contributed by atoms with van der Waals surface area (Å²) in [6.45, 7) is 1.66. The van der Waals surface area contributed by atoms with E-state index in [1.54, 1.807) is 6.92 Å². The lowest BCUT2D eigenvalue weighted by atomic mass is 9.81. The topological polar surface area (TPSA) is 41.1 Å². The molecule has 0 aromatic heterocycles. The SMILES string of the molecule is CC(=O)C1CCC2N[P+](Cl)(Cl)NC2C1. The largest absolute Gasteiger partial charge is 0.351 e. The fraction of sp³-hybridized carbons (Fsp3) is 0.875. The molecule has 0 aromatic rings. The van der Waals surface area contributed by atoms with E-state index in [-0.39, 0.29) is 17.7 Å². The van der Waals surface area contributed by atoms with Crippen LogP contribution in [0.2, 0.25) is 0 Å². The van der Waals surface area contributed by atoms with Gasteiger partial charge in [-0.25, -0.2) is 0 Å². The third-order valence-corrected chi connectivity index (χ3v) is 5.56. The molecule has 2 rings (SSSR count). The summed E-state index contributed by atoms with van der Waals surface area (Å²) in [6, 6.07) is 0.634. The van der Waals surface area contributed by atoms with Crippen molar-refractivity contribution >= 4 is 34.5 Å². The zero-order valence-corrected chi connectivity index (χ0v) is 10.4. The van der Waals surface area contributed by atoms with Gasteiger partial charge in [0.2, 0.25) is 0 Å². The van der Waals surface area contributed by atoms with Crippen molar-refractivity contribution in [2.75, 3.05) is 0 Å². The van der Waals surface area contributed by atoms with Crippen LogP contribution in [0, 0.1) is 5.92 Å². The molecule has 14 heavy (non-hydrogen) atoms. The third-order valence-electron chi connectivity index (χ3n) is 3.08. The average Bonchev–Trinajstić information content (AvgIpc) is 2.36. The van der Waals surface area contributed by atoms with Gasteiger partial charge in [-0.2, -0.15) is 0 Å². The molecule has 0 spiro atoms. The lowest BCUT2D eigenvalue weighted by molar-refractivity contribution is -0.121. The van der Waals surface area contributed by atoms with Gasteiger partial charge in [-0.1, -0.05) is 0 Å². The molecule has 2 aliphatic rings. The van der Waals surface area contributed by atoms with Gasteiger partial charge in [0.05, 0.1) is 12.1 Å². The highest BCUT2D eigenvalue weighted by Crippen LogP contribution is 2.66. The average molecular weight is 256 g/mol. The molecule has 0 amide bonds. The minimum atomic E-state index is -2.12. The molecule has 0 radical (unpaired) electrons. The zero-order valence-electron chi connectivity index (χ0n) is 7.96. The minimum absolute atomic E-state index is 0.192. The molecular weight excluding hydrogens is 242 g/mol. The summed E-state index contributed by atoms with van der Waals surface area (Å²) in [6.07, 6.45) is 0.694.